The molecule has 0 amide bonds. The maximum Gasteiger partial charge on any atom is -1.00 e. The first-order chi connectivity index (χ1) is 11.0. The fraction of sp³-hybridized carbons (Fsp3) is 0.238. The fourth-order valence-corrected chi connectivity index (χ4v) is 8.92. The van der Waals surface area contributed by atoms with Gasteiger partial charge in [0.2, 0.25) is 0 Å². The monoisotopic (exact) mass is 456 g/mol. The van der Waals surface area contributed by atoms with Crippen LogP contribution in [0.1, 0.15) is 20.3 Å². The molecule has 136 valence electrons. The Kier molecular flexibility index (Phi) is 10.8. The third-order valence-corrected chi connectivity index (χ3v) is 10.2. The van der Waals surface area contributed by atoms with Crippen LogP contribution in [0.2, 0.25) is 6.55 Å². The van der Waals surface area contributed by atoms with Crippen LogP contribution in [0.25, 0.3) is 0 Å². The van der Waals surface area contributed by atoms with Crippen molar-refractivity contribution in [2.45, 2.75) is 26.8 Å². The SMILES string of the molecule is CC(C)C1=[C]([Ti+3])CC=C1[Si](C)(c1ccccc1)c1ccccc1.[Cl-].[Cl-].[Cl-]. The summed E-state index contributed by atoms with van der Waals surface area (Å²) < 4.78 is 1.56. The number of halogens is 3. The molecule has 0 saturated heterocycles. The average Bonchev–Trinajstić information content (AvgIpc) is 2.98. The van der Waals surface area contributed by atoms with Gasteiger partial charge in [0.1, 0.15) is 0 Å². The second-order valence-electron chi connectivity index (χ2n) is 6.73. The summed E-state index contributed by atoms with van der Waals surface area (Å²) in [4.78, 5) is 0. The van der Waals surface area contributed by atoms with Crippen LogP contribution in [0.5, 0.6) is 0 Å². The molecule has 0 spiro atoms. The van der Waals surface area contributed by atoms with Gasteiger partial charge in [-0.05, 0) is 0 Å². The van der Waals surface area contributed by atoms with E-state index >= 15 is 0 Å². The quantitative estimate of drug-likeness (QED) is 0.405. The Bertz CT molecular complexity index is 716. The first kappa shape index (κ1) is 25.7. The van der Waals surface area contributed by atoms with Crippen molar-refractivity contribution in [2.75, 3.05) is 0 Å². The minimum Gasteiger partial charge on any atom is -1.00 e. The van der Waals surface area contributed by atoms with E-state index in [1.165, 1.54) is 10.4 Å². The van der Waals surface area contributed by atoms with Crippen molar-refractivity contribution < 1.29 is 57.7 Å². The van der Waals surface area contributed by atoms with Crippen molar-refractivity contribution in [1.29, 1.82) is 0 Å². The predicted molar refractivity (Wildman–Crippen MR) is 98.3 cm³/mol. The van der Waals surface area contributed by atoms with Gasteiger partial charge in [0.25, 0.3) is 0 Å². The van der Waals surface area contributed by atoms with Gasteiger partial charge in [-0.25, -0.2) is 0 Å². The van der Waals surface area contributed by atoms with Crippen molar-refractivity contribution in [2.24, 2.45) is 5.92 Å². The summed E-state index contributed by atoms with van der Waals surface area (Å²) in [7, 11) is -1.93. The maximum atomic E-state index is 2.52. The summed E-state index contributed by atoms with van der Waals surface area (Å²) in [6.45, 7) is 7.19. The van der Waals surface area contributed by atoms with E-state index in [-0.39, 0.29) is 37.2 Å². The van der Waals surface area contributed by atoms with Crippen LogP contribution in [0.15, 0.2) is 81.4 Å². The summed E-state index contributed by atoms with van der Waals surface area (Å²) >= 11 is 2.31. The van der Waals surface area contributed by atoms with Gasteiger partial charge in [0, 0.05) is 0 Å². The van der Waals surface area contributed by atoms with Crippen molar-refractivity contribution in [3.05, 3.63) is 81.4 Å². The molecule has 0 heterocycles. The molecular weight excluding hydrogens is 435 g/mol. The Labute approximate surface area is 189 Å². The largest absolute Gasteiger partial charge is 1.00 e. The van der Waals surface area contributed by atoms with Gasteiger partial charge in [0.15, 0.2) is 0 Å². The van der Waals surface area contributed by atoms with Gasteiger partial charge in [0.05, 0.1) is 0 Å². The molecule has 5 heteroatoms. The molecule has 26 heavy (non-hydrogen) atoms. The molecule has 0 aliphatic heterocycles. The Morgan fingerprint density at radius 3 is 1.62 bits per heavy atom. The zero-order valence-corrected chi connectivity index (χ0v) is 20.1. The number of allylic oxidation sites excluding steroid dienone is 4. The fourth-order valence-electron chi connectivity index (χ4n) is 3.74. The summed E-state index contributed by atoms with van der Waals surface area (Å²) in [5.41, 5.74) is 1.60. The van der Waals surface area contributed by atoms with Crippen molar-refractivity contribution >= 4 is 18.4 Å². The summed E-state index contributed by atoms with van der Waals surface area (Å²) in [5.74, 6) is 0.586. The minimum absolute atomic E-state index is 0. The van der Waals surface area contributed by atoms with E-state index in [4.69, 9.17) is 0 Å². The Morgan fingerprint density at radius 1 is 0.808 bits per heavy atom. The van der Waals surface area contributed by atoms with Crippen LogP contribution < -0.4 is 47.6 Å². The molecular formula is C21H23Cl3SiTi. The molecule has 1 aliphatic carbocycles. The molecule has 0 nitrogen and oxygen atoms in total. The first-order valence-electron chi connectivity index (χ1n) is 8.32. The van der Waals surface area contributed by atoms with Crippen LogP contribution in [0, 0.1) is 5.92 Å². The molecule has 3 rings (SSSR count). The van der Waals surface area contributed by atoms with Crippen LogP contribution >= 0.6 is 0 Å². The topological polar surface area (TPSA) is 0 Å². The van der Waals surface area contributed by atoms with Crippen molar-refractivity contribution in [3.63, 3.8) is 0 Å². The molecule has 1 aliphatic rings. The second kappa shape index (κ2) is 10.9. The van der Waals surface area contributed by atoms with Crippen LogP contribution in [0.4, 0.5) is 0 Å². The van der Waals surface area contributed by atoms with Gasteiger partial charge in [-0.2, -0.15) is 0 Å². The molecule has 0 saturated carbocycles. The van der Waals surface area contributed by atoms with E-state index in [9.17, 15) is 0 Å². The summed E-state index contributed by atoms with van der Waals surface area (Å²) in [6, 6.07) is 22.3. The number of rotatable bonds is 4. The molecule has 0 unspecified atom stereocenters. The maximum absolute atomic E-state index is 2.52. The van der Waals surface area contributed by atoms with E-state index in [0.29, 0.717) is 5.92 Å². The van der Waals surface area contributed by atoms with Gasteiger partial charge in [-0.1, -0.05) is 0 Å². The minimum atomic E-state index is -1.93. The molecule has 0 aromatic heterocycles. The number of hydrogen-bond acceptors (Lipinski definition) is 0. The van der Waals surface area contributed by atoms with E-state index < -0.39 is 8.07 Å². The Balaban J connectivity index is 0.00000208. The van der Waals surface area contributed by atoms with Gasteiger partial charge < -0.3 is 37.2 Å². The van der Waals surface area contributed by atoms with Crippen molar-refractivity contribution in [1.82, 2.24) is 0 Å². The van der Waals surface area contributed by atoms with Gasteiger partial charge in [-0.3, -0.25) is 0 Å². The molecule has 0 fully saturated rings. The second-order valence-corrected chi connectivity index (χ2v) is 11.6. The molecule has 2 aromatic rings. The number of hydrogen-bond donors (Lipinski definition) is 0. The third-order valence-electron chi connectivity index (χ3n) is 4.94. The zero-order valence-electron chi connectivity index (χ0n) is 15.3. The Hall–Kier alpha value is -0.279. The van der Waals surface area contributed by atoms with E-state index in [2.05, 4.69) is 108 Å². The van der Waals surface area contributed by atoms with Crippen LogP contribution in [0.3, 0.4) is 0 Å². The molecule has 2 aromatic carbocycles. The predicted octanol–water partition coefficient (Wildman–Crippen LogP) is -4.78. The Morgan fingerprint density at radius 2 is 1.23 bits per heavy atom. The zero-order chi connectivity index (χ0) is 16.4. The number of benzene rings is 2. The normalized spacial score (nSPS) is 13.5. The van der Waals surface area contributed by atoms with Gasteiger partial charge >= 0.3 is 153 Å². The van der Waals surface area contributed by atoms with E-state index in [1.54, 1.807) is 14.6 Å². The smallest absolute Gasteiger partial charge is 1.00 e. The molecule has 0 N–H and O–H groups in total. The summed E-state index contributed by atoms with van der Waals surface area (Å²) in [6.07, 6.45) is 3.63. The molecule has 0 atom stereocenters. The van der Waals surface area contributed by atoms with Crippen LogP contribution in [-0.2, 0) is 20.4 Å². The van der Waals surface area contributed by atoms with E-state index in [1.807, 2.05) is 0 Å². The standard InChI is InChI=1S/C21H23Si.3ClH.Ti/c1-17(2)20-15-10-16-21(20)22(3,18-11-6-4-7-12-18)19-13-8-5-9-14-19;;;;/h4-9,11-14,16-17H,10H2,1-3H3;3*1H;/q;;;;+3/p-3. The van der Waals surface area contributed by atoms with Crippen LogP contribution in [-0.4, -0.2) is 8.07 Å². The average molecular weight is 458 g/mol. The summed E-state index contributed by atoms with van der Waals surface area (Å²) in [5, 5.41) is 4.64. The van der Waals surface area contributed by atoms with Gasteiger partial charge in [-0.15, -0.1) is 0 Å². The third kappa shape index (κ3) is 4.76. The van der Waals surface area contributed by atoms with Crippen molar-refractivity contribution in [3.8, 4) is 0 Å². The molecule has 0 bridgehead atoms. The van der Waals surface area contributed by atoms with E-state index in [0.717, 1.165) is 6.42 Å². The molecule has 0 radical (unpaired) electrons. The first-order valence-corrected chi connectivity index (χ1v) is 11.6.